The Labute approximate surface area is 296 Å². The molecule has 5 fully saturated rings. The SMILES string of the molecule is CC(=O)O[C@@H](C)/C=C\C(=O)N[C@@H]1C[C@H](C)[C@H](C/C=C(C)/C=C/[C@H]2O[C@H](CC(=O)N3CC4(CN(C(=O)CI)C4)C3)CC3(CO3)[C@@H]2O)O[C@@H]1C. The quantitative estimate of drug-likeness (QED) is 0.0807. The number of likely N-dealkylation sites (tertiary alicyclic amines) is 2. The molecule has 0 aromatic rings. The van der Waals surface area contributed by atoms with Crippen LogP contribution in [0.5, 0.6) is 0 Å². The van der Waals surface area contributed by atoms with E-state index in [1.54, 1.807) is 13.0 Å². The fourth-order valence-electron chi connectivity index (χ4n) is 7.37. The second-order valence-electron chi connectivity index (χ2n) is 14.5. The van der Waals surface area contributed by atoms with Gasteiger partial charge in [-0.3, -0.25) is 19.2 Å². The number of allylic oxidation sites excluding steroid dienone is 2. The van der Waals surface area contributed by atoms with Gasteiger partial charge in [-0.25, -0.2) is 0 Å². The zero-order valence-electron chi connectivity index (χ0n) is 28.6. The minimum atomic E-state index is -0.814. The smallest absolute Gasteiger partial charge is 0.303 e. The number of carbonyl (C=O) groups is 4. The number of aliphatic hydroxyl groups is 1. The van der Waals surface area contributed by atoms with E-state index >= 15 is 0 Å². The molecule has 48 heavy (non-hydrogen) atoms. The number of carbonyl (C=O) groups excluding carboxylic acids is 4. The van der Waals surface area contributed by atoms with Crippen LogP contribution in [-0.4, -0.2) is 124 Å². The van der Waals surface area contributed by atoms with Gasteiger partial charge in [-0.05, 0) is 45.6 Å². The van der Waals surface area contributed by atoms with Crippen LogP contribution in [0.4, 0.5) is 0 Å². The van der Waals surface area contributed by atoms with E-state index in [9.17, 15) is 24.3 Å². The Morgan fingerprint density at radius 2 is 1.73 bits per heavy atom. The molecule has 5 heterocycles. The van der Waals surface area contributed by atoms with E-state index in [2.05, 4.69) is 40.9 Å². The van der Waals surface area contributed by atoms with Gasteiger partial charge in [0.25, 0.3) is 0 Å². The first-order valence-electron chi connectivity index (χ1n) is 17.0. The van der Waals surface area contributed by atoms with E-state index in [1.165, 1.54) is 13.0 Å². The van der Waals surface area contributed by atoms with Crippen molar-refractivity contribution in [1.82, 2.24) is 15.1 Å². The molecule has 0 bridgehead atoms. The van der Waals surface area contributed by atoms with Crippen LogP contribution in [0.3, 0.4) is 0 Å². The number of halogens is 1. The molecule has 0 saturated carbocycles. The third kappa shape index (κ3) is 8.87. The average molecular weight is 784 g/mol. The fourth-order valence-corrected chi connectivity index (χ4v) is 7.86. The summed E-state index contributed by atoms with van der Waals surface area (Å²) in [5, 5.41) is 14.1. The predicted octanol–water partition coefficient (Wildman–Crippen LogP) is 2.47. The van der Waals surface area contributed by atoms with Crippen LogP contribution < -0.4 is 5.32 Å². The number of rotatable bonds is 11. The summed E-state index contributed by atoms with van der Waals surface area (Å²) in [5.41, 5.74) is 0.393. The fraction of sp³-hybridized carbons (Fsp3) is 0.714. The molecule has 13 heteroatoms. The number of epoxide rings is 1. The van der Waals surface area contributed by atoms with Crippen LogP contribution in [0.1, 0.15) is 60.3 Å². The molecule has 2 N–H and O–H groups in total. The molecule has 2 spiro atoms. The Balaban J connectivity index is 1.07. The second-order valence-corrected chi connectivity index (χ2v) is 15.2. The van der Waals surface area contributed by atoms with E-state index in [0.29, 0.717) is 37.0 Å². The number of nitrogens with one attached hydrogen (secondary N) is 1. The predicted molar refractivity (Wildman–Crippen MR) is 185 cm³/mol. The highest BCUT2D eigenvalue weighted by molar-refractivity contribution is 14.1. The summed E-state index contributed by atoms with van der Waals surface area (Å²) in [4.78, 5) is 52.2. The van der Waals surface area contributed by atoms with Gasteiger partial charge >= 0.3 is 5.97 Å². The Morgan fingerprint density at radius 1 is 1.06 bits per heavy atom. The largest absolute Gasteiger partial charge is 0.459 e. The van der Waals surface area contributed by atoms with Gasteiger partial charge in [0.15, 0.2) is 0 Å². The second kappa shape index (κ2) is 15.3. The maximum absolute atomic E-state index is 13.1. The lowest BCUT2D eigenvalue weighted by Gasteiger charge is -2.60. The zero-order valence-corrected chi connectivity index (χ0v) is 30.7. The first-order valence-corrected chi connectivity index (χ1v) is 18.5. The molecule has 5 aliphatic rings. The van der Waals surface area contributed by atoms with Crippen molar-refractivity contribution in [2.75, 3.05) is 37.2 Å². The lowest BCUT2D eigenvalue weighted by atomic mass is 9.72. The van der Waals surface area contributed by atoms with E-state index in [1.807, 2.05) is 35.8 Å². The Hall–Kier alpha value is -2.33. The number of alkyl halides is 1. The van der Waals surface area contributed by atoms with Gasteiger partial charge in [0.05, 0.1) is 41.8 Å². The number of hydrogen-bond acceptors (Lipinski definition) is 9. The van der Waals surface area contributed by atoms with Crippen LogP contribution in [-0.2, 0) is 38.1 Å². The number of nitrogens with zero attached hydrogens (tertiary/aromatic N) is 2. The number of aliphatic hydroxyl groups excluding tert-OH is 1. The van der Waals surface area contributed by atoms with E-state index in [-0.39, 0.29) is 59.8 Å². The van der Waals surface area contributed by atoms with Crippen molar-refractivity contribution < 1.29 is 43.2 Å². The molecule has 5 saturated heterocycles. The normalized spacial score (nSPS) is 35.0. The van der Waals surface area contributed by atoms with Gasteiger partial charge in [-0.1, -0.05) is 53.3 Å². The van der Waals surface area contributed by atoms with Gasteiger partial charge in [-0.15, -0.1) is 0 Å². The molecule has 12 nitrogen and oxygen atoms in total. The van der Waals surface area contributed by atoms with Crippen molar-refractivity contribution in [2.24, 2.45) is 11.3 Å². The van der Waals surface area contributed by atoms with E-state index < -0.39 is 29.9 Å². The average Bonchev–Trinajstić information content (AvgIpc) is 3.76. The highest BCUT2D eigenvalue weighted by Crippen LogP contribution is 2.45. The summed E-state index contributed by atoms with van der Waals surface area (Å²) in [6, 6.07) is -0.133. The summed E-state index contributed by atoms with van der Waals surface area (Å²) >= 11 is 2.08. The number of hydrogen-bond donors (Lipinski definition) is 2. The highest BCUT2D eigenvalue weighted by Gasteiger charge is 2.59. The zero-order chi connectivity index (χ0) is 34.8. The van der Waals surface area contributed by atoms with Crippen LogP contribution in [0.2, 0.25) is 0 Å². The van der Waals surface area contributed by atoms with Crippen molar-refractivity contribution in [3.8, 4) is 0 Å². The minimum absolute atomic E-state index is 0.0125. The van der Waals surface area contributed by atoms with Crippen LogP contribution in [0, 0.1) is 11.3 Å². The molecule has 0 aromatic carbocycles. The Morgan fingerprint density at radius 3 is 2.35 bits per heavy atom. The number of amides is 3. The van der Waals surface area contributed by atoms with Crippen molar-refractivity contribution in [3.05, 3.63) is 36.0 Å². The van der Waals surface area contributed by atoms with Crippen molar-refractivity contribution >= 4 is 46.3 Å². The third-order valence-electron chi connectivity index (χ3n) is 10.3. The number of esters is 1. The standard InChI is InChI=1S/C35H50IN3O9/c1-21(6-9-28-22(2)12-27(24(4)47-28)37-30(41)11-8-23(3)46-25(5)40)7-10-29-33(44)35(20-45-35)14-26(48-29)13-31(42)38-16-34(17-38)18-39(19-34)32(43)15-36/h6-8,10-11,22-24,26-29,33,44H,9,12-20H2,1-5H3,(H,37,41)/b10-7+,11-8-,21-6+/t22-,23-,24+,26+,27+,28-,29+,33+,35?/m0/s1. The number of ether oxygens (including phenoxy) is 4. The molecule has 266 valence electrons. The van der Waals surface area contributed by atoms with Gasteiger partial charge in [0.2, 0.25) is 17.7 Å². The van der Waals surface area contributed by atoms with Gasteiger partial charge < -0.3 is 39.2 Å². The molecule has 3 amide bonds. The molecule has 0 aliphatic carbocycles. The maximum Gasteiger partial charge on any atom is 0.303 e. The van der Waals surface area contributed by atoms with Crippen molar-refractivity contribution in [2.45, 2.75) is 109 Å². The molecule has 9 atom stereocenters. The first-order chi connectivity index (χ1) is 22.7. The molecule has 0 radical (unpaired) electrons. The highest BCUT2D eigenvalue weighted by atomic mass is 127. The summed E-state index contributed by atoms with van der Waals surface area (Å²) in [7, 11) is 0. The Bertz CT molecular complexity index is 1320. The van der Waals surface area contributed by atoms with Crippen LogP contribution >= 0.6 is 22.6 Å². The lowest BCUT2D eigenvalue weighted by Crippen LogP contribution is -2.73. The van der Waals surface area contributed by atoms with E-state index in [4.69, 9.17) is 18.9 Å². The van der Waals surface area contributed by atoms with Gasteiger partial charge in [-0.2, -0.15) is 0 Å². The minimum Gasteiger partial charge on any atom is -0.459 e. The van der Waals surface area contributed by atoms with Crippen molar-refractivity contribution in [3.63, 3.8) is 0 Å². The van der Waals surface area contributed by atoms with Crippen LogP contribution in [0.15, 0.2) is 36.0 Å². The summed E-state index contributed by atoms with van der Waals surface area (Å²) < 4.78 is 23.8. The van der Waals surface area contributed by atoms with Crippen molar-refractivity contribution in [1.29, 1.82) is 0 Å². The summed E-state index contributed by atoms with van der Waals surface area (Å²) in [5.74, 6) is -0.248. The summed E-state index contributed by atoms with van der Waals surface area (Å²) in [6.45, 7) is 12.3. The molecular weight excluding hydrogens is 733 g/mol. The monoisotopic (exact) mass is 783 g/mol. The lowest BCUT2D eigenvalue weighted by molar-refractivity contribution is -0.173. The Kier molecular flexibility index (Phi) is 11.8. The van der Waals surface area contributed by atoms with Crippen LogP contribution in [0.25, 0.3) is 0 Å². The first kappa shape index (κ1) is 36.9. The van der Waals surface area contributed by atoms with Gasteiger partial charge in [0.1, 0.15) is 23.9 Å². The van der Waals surface area contributed by atoms with Gasteiger partial charge in [0, 0.05) is 51.0 Å². The van der Waals surface area contributed by atoms with E-state index in [0.717, 1.165) is 25.1 Å². The maximum atomic E-state index is 13.1. The topological polar surface area (TPSA) is 147 Å². The molecule has 5 aliphatic heterocycles. The molecular formula is C35H50IN3O9. The molecule has 0 aromatic heterocycles. The molecule has 5 rings (SSSR count). The summed E-state index contributed by atoms with van der Waals surface area (Å²) in [6.07, 6.45) is 8.62. The molecule has 1 unspecified atom stereocenters. The third-order valence-corrected chi connectivity index (χ3v) is 10.9.